The Morgan fingerprint density at radius 3 is 2.35 bits per heavy atom. The van der Waals surface area contributed by atoms with Gasteiger partial charge in [-0.15, -0.1) is 0 Å². The Morgan fingerprint density at radius 2 is 1.82 bits per heavy atom. The van der Waals surface area contributed by atoms with Crippen LogP contribution in [0.2, 0.25) is 0 Å². The third kappa shape index (κ3) is 9.83. The minimum atomic E-state index is -0.990. The number of alkyl carbamates (subject to hydrolysis) is 1. The predicted molar refractivity (Wildman–Crippen MR) is 137 cm³/mol. The second-order valence-corrected chi connectivity index (χ2v) is 9.83. The number of hydrogen-bond donors (Lipinski definition) is 4. The number of phenols is 1. The van der Waals surface area contributed by atoms with Crippen molar-refractivity contribution in [3.63, 3.8) is 0 Å². The van der Waals surface area contributed by atoms with Crippen LogP contribution in [0.25, 0.3) is 0 Å². The van der Waals surface area contributed by atoms with Gasteiger partial charge in [-0.25, -0.2) is 4.79 Å². The van der Waals surface area contributed by atoms with Crippen LogP contribution in [-0.2, 0) is 14.3 Å². The molecule has 0 saturated heterocycles. The van der Waals surface area contributed by atoms with Crippen LogP contribution in [-0.4, -0.2) is 57.9 Å². The van der Waals surface area contributed by atoms with E-state index in [1.54, 1.807) is 32.9 Å². The highest BCUT2D eigenvalue weighted by atomic mass is 32.1. The summed E-state index contributed by atoms with van der Waals surface area (Å²) in [5.74, 6) is -0.758. The molecule has 0 bridgehead atoms. The summed E-state index contributed by atoms with van der Waals surface area (Å²) in [6, 6.07) is 4.29. The highest BCUT2D eigenvalue weighted by molar-refractivity contribution is 7.80. The number of nitrogens with one attached hydrogen (secondary N) is 2. The molecule has 0 aliphatic heterocycles. The Labute approximate surface area is 209 Å². The van der Waals surface area contributed by atoms with Gasteiger partial charge in [0.05, 0.1) is 0 Å². The smallest absolute Gasteiger partial charge is 0.408 e. The van der Waals surface area contributed by atoms with E-state index in [-0.39, 0.29) is 23.5 Å². The van der Waals surface area contributed by atoms with Crippen molar-refractivity contribution in [2.75, 3.05) is 12.3 Å². The topological polar surface area (TPSA) is 108 Å². The molecule has 1 aromatic carbocycles. The molecule has 192 valence electrons. The van der Waals surface area contributed by atoms with Gasteiger partial charge in [-0.05, 0) is 58.2 Å². The number of ether oxygens (including phenoxy) is 1. The normalized spacial score (nSPS) is 14.0. The van der Waals surface area contributed by atoms with Gasteiger partial charge in [0.2, 0.25) is 11.8 Å². The molecule has 1 rings (SSSR count). The van der Waals surface area contributed by atoms with E-state index in [1.165, 1.54) is 17.0 Å². The van der Waals surface area contributed by atoms with E-state index in [2.05, 4.69) is 23.3 Å². The lowest BCUT2D eigenvalue weighted by Crippen LogP contribution is -2.54. The zero-order valence-corrected chi connectivity index (χ0v) is 22.2. The second-order valence-electron chi connectivity index (χ2n) is 9.46. The van der Waals surface area contributed by atoms with Gasteiger partial charge in [0.25, 0.3) is 0 Å². The number of rotatable bonds is 12. The summed E-state index contributed by atoms with van der Waals surface area (Å²) in [5.41, 5.74) is -0.240. The Bertz CT molecular complexity index is 812. The summed E-state index contributed by atoms with van der Waals surface area (Å²) < 4.78 is 5.30. The SMILES string of the molecule is CCCCN(C(=O)C(CS)NC(=O)OC(C)(C)C)C(C(=O)NC(C)CCC)c1cccc(O)c1. The molecule has 3 amide bonds. The Hall–Kier alpha value is -2.42. The summed E-state index contributed by atoms with van der Waals surface area (Å²) in [6.07, 6.45) is 2.42. The van der Waals surface area contributed by atoms with E-state index in [0.717, 1.165) is 19.3 Å². The average molecular weight is 496 g/mol. The molecule has 9 heteroatoms. The molecule has 8 nitrogen and oxygen atoms in total. The molecule has 0 radical (unpaired) electrons. The molecule has 0 aliphatic carbocycles. The largest absolute Gasteiger partial charge is 0.508 e. The minimum Gasteiger partial charge on any atom is -0.508 e. The number of aromatic hydroxyl groups is 1. The zero-order chi connectivity index (χ0) is 25.9. The molecule has 3 unspecified atom stereocenters. The first-order valence-electron chi connectivity index (χ1n) is 11.9. The highest BCUT2D eigenvalue weighted by Gasteiger charge is 2.36. The quantitative estimate of drug-likeness (QED) is 0.325. The predicted octanol–water partition coefficient (Wildman–Crippen LogP) is 4.19. The first kappa shape index (κ1) is 29.6. The van der Waals surface area contributed by atoms with Crippen molar-refractivity contribution in [3.05, 3.63) is 29.8 Å². The van der Waals surface area contributed by atoms with Gasteiger partial charge in [0, 0.05) is 18.3 Å². The van der Waals surface area contributed by atoms with Gasteiger partial charge in [0.1, 0.15) is 23.4 Å². The Morgan fingerprint density at radius 1 is 1.15 bits per heavy atom. The summed E-state index contributed by atoms with van der Waals surface area (Å²) in [5, 5.41) is 15.6. The van der Waals surface area contributed by atoms with Crippen molar-refractivity contribution in [2.24, 2.45) is 0 Å². The average Bonchev–Trinajstić information content (AvgIpc) is 2.73. The molecule has 3 atom stereocenters. The molecular formula is C25H41N3O5S. The molecule has 34 heavy (non-hydrogen) atoms. The van der Waals surface area contributed by atoms with Crippen molar-refractivity contribution in [1.29, 1.82) is 0 Å². The number of nitrogens with zero attached hydrogens (tertiary/aromatic N) is 1. The van der Waals surface area contributed by atoms with Crippen molar-refractivity contribution in [1.82, 2.24) is 15.5 Å². The maximum Gasteiger partial charge on any atom is 0.408 e. The molecule has 0 fully saturated rings. The van der Waals surface area contributed by atoms with Gasteiger partial charge in [0.15, 0.2) is 0 Å². The fourth-order valence-electron chi connectivity index (χ4n) is 3.53. The van der Waals surface area contributed by atoms with Crippen LogP contribution >= 0.6 is 12.6 Å². The molecule has 0 aliphatic rings. The zero-order valence-electron chi connectivity index (χ0n) is 21.3. The third-order valence-corrected chi connectivity index (χ3v) is 5.43. The van der Waals surface area contributed by atoms with E-state index in [0.29, 0.717) is 18.5 Å². The molecule has 0 spiro atoms. The first-order chi connectivity index (χ1) is 15.9. The van der Waals surface area contributed by atoms with Crippen molar-refractivity contribution in [3.8, 4) is 5.75 Å². The highest BCUT2D eigenvalue weighted by Crippen LogP contribution is 2.26. The fourth-order valence-corrected chi connectivity index (χ4v) is 3.77. The lowest BCUT2D eigenvalue weighted by molar-refractivity contribution is -0.142. The van der Waals surface area contributed by atoms with E-state index >= 15 is 0 Å². The Kier molecular flexibility index (Phi) is 12.3. The molecule has 0 aromatic heterocycles. The molecule has 3 N–H and O–H groups in total. The van der Waals surface area contributed by atoms with Crippen LogP contribution in [0, 0.1) is 0 Å². The van der Waals surface area contributed by atoms with Crippen molar-refractivity contribution < 1.29 is 24.2 Å². The van der Waals surface area contributed by atoms with E-state index in [4.69, 9.17) is 4.74 Å². The van der Waals surface area contributed by atoms with Gasteiger partial charge in [-0.3, -0.25) is 9.59 Å². The lowest BCUT2D eigenvalue weighted by atomic mass is 10.0. The fraction of sp³-hybridized carbons (Fsp3) is 0.640. The van der Waals surface area contributed by atoms with Crippen LogP contribution in [0.5, 0.6) is 5.75 Å². The third-order valence-electron chi connectivity index (χ3n) is 5.06. The van der Waals surface area contributed by atoms with Crippen LogP contribution < -0.4 is 10.6 Å². The molecule has 0 heterocycles. The summed E-state index contributed by atoms with van der Waals surface area (Å²) in [6.45, 7) is 11.4. The molecular weight excluding hydrogens is 454 g/mol. The lowest BCUT2D eigenvalue weighted by Gasteiger charge is -2.34. The maximum atomic E-state index is 13.7. The number of hydrogen-bond acceptors (Lipinski definition) is 6. The number of unbranched alkanes of at least 4 members (excludes halogenated alkanes) is 1. The second kappa shape index (κ2) is 14.1. The number of thiol groups is 1. The van der Waals surface area contributed by atoms with Gasteiger partial charge in [-0.1, -0.05) is 38.8 Å². The summed E-state index contributed by atoms with van der Waals surface area (Å²) in [4.78, 5) is 40.9. The van der Waals surface area contributed by atoms with E-state index < -0.39 is 29.7 Å². The molecule has 1 aromatic rings. The Balaban J connectivity index is 3.35. The maximum absolute atomic E-state index is 13.7. The molecule has 0 saturated carbocycles. The number of amides is 3. The standard InChI is InChI=1S/C25H41N3O5S/c1-7-9-14-28(23(31)20(16-34)27-24(32)33-25(4,5)6)21(18-12-10-13-19(29)15-18)22(30)26-17(3)11-8-2/h10,12-13,15,17,20-21,29,34H,7-9,11,14,16H2,1-6H3,(H,26,30)(H,27,32). The minimum absolute atomic E-state index is 0.00239. The van der Waals surface area contributed by atoms with Crippen LogP contribution in [0.1, 0.15) is 78.8 Å². The number of carbonyl (C=O) groups excluding carboxylic acids is 3. The van der Waals surface area contributed by atoms with E-state index in [9.17, 15) is 19.5 Å². The van der Waals surface area contributed by atoms with Crippen LogP contribution in [0.15, 0.2) is 24.3 Å². The number of carbonyl (C=O) groups is 3. The van der Waals surface area contributed by atoms with Gasteiger partial charge >= 0.3 is 6.09 Å². The van der Waals surface area contributed by atoms with Gasteiger partial charge in [-0.2, -0.15) is 12.6 Å². The first-order valence-corrected chi connectivity index (χ1v) is 12.6. The van der Waals surface area contributed by atoms with E-state index in [1.807, 2.05) is 20.8 Å². The van der Waals surface area contributed by atoms with Crippen LogP contribution in [0.3, 0.4) is 0 Å². The monoisotopic (exact) mass is 495 g/mol. The van der Waals surface area contributed by atoms with Crippen molar-refractivity contribution >= 4 is 30.5 Å². The number of phenolic OH excluding ortho intramolecular Hbond substituents is 1. The summed E-state index contributed by atoms with van der Waals surface area (Å²) >= 11 is 4.28. The van der Waals surface area contributed by atoms with Crippen molar-refractivity contribution in [2.45, 2.75) is 91.0 Å². The van der Waals surface area contributed by atoms with Gasteiger partial charge < -0.3 is 25.4 Å². The summed E-state index contributed by atoms with van der Waals surface area (Å²) in [7, 11) is 0. The van der Waals surface area contributed by atoms with Crippen LogP contribution in [0.4, 0.5) is 4.79 Å². The number of benzene rings is 1.